The molecule has 0 amide bonds. The number of rotatable bonds is 6. The van der Waals surface area contributed by atoms with Crippen molar-refractivity contribution in [2.75, 3.05) is 18.6 Å². The molecule has 0 fully saturated rings. The fourth-order valence-corrected chi connectivity index (χ4v) is 2.40. The van der Waals surface area contributed by atoms with E-state index in [1.807, 2.05) is 19.2 Å². The van der Waals surface area contributed by atoms with Gasteiger partial charge in [0.15, 0.2) is 0 Å². The summed E-state index contributed by atoms with van der Waals surface area (Å²) in [5.74, 6) is 0.446. The van der Waals surface area contributed by atoms with Gasteiger partial charge in [0.2, 0.25) is 0 Å². The van der Waals surface area contributed by atoms with E-state index in [-0.39, 0.29) is 11.9 Å². The van der Waals surface area contributed by atoms with Crippen molar-refractivity contribution in [1.82, 2.24) is 5.32 Å². The monoisotopic (exact) mass is 257 g/mol. The Bertz CT molecular complexity index is 357. The first kappa shape index (κ1) is 14.5. The minimum absolute atomic E-state index is 0.107. The molecule has 0 aliphatic carbocycles. The van der Waals surface area contributed by atoms with Crippen LogP contribution in [0.25, 0.3) is 0 Å². The second-order valence-corrected chi connectivity index (χ2v) is 5.42. The van der Waals surface area contributed by atoms with Crippen LogP contribution < -0.4 is 5.32 Å². The van der Waals surface area contributed by atoms with Gasteiger partial charge in [-0.25, -0.2) is 4.39 Å². The molecule has 2 nitrogen and oxygen atoms in total. The smallest absolute Gasteiger partial charge is 0.127 e. The van der Waals surface area contributed by atoms with E-state index in [1.54, 1.807) is 30.8 Å². The van der Waals surface area contributed by atoms with E-state index in [0.717, 1.165) is 0 Å². The summed E-state index contributed by atoms with van der Waals surface area (Å²) >= 11 is 1.60. The first-order valence-electron chi connectivity index (χ1n) is 5.65. The fraction of sp³-hybridized carbons (Fsp3) is 0.538. The van der Waals surface area contributed by atoms with Gasteiger partial charge in [-0.15, -0.1) is 0 Å². The highest BCUT2D eigenvalue weighted by atomic mass is 32.2. The third-order valence-corrected chi connectivity index (χ3v) is 3.53. The minimum atomic E-state index is -0.765. The summed E-state index contributed by atoms with van der Waals surface area (Å²) in [5, 5.41) is 13.2. The topological polar surface area (TPSA) is 32.3 Å². The molecule has 1 rings (SSSR count). The SMILES string of the molecule is CSCC(C)(O)CNC(C)c1ccccc1F. The van der Waals surface area contributed by atoms with Crippen molar-refractivity contribution in [3.05, 3.63) is 35.6 Å². The van der Waals surface area contributed by atoms with E-state index in [0.29, 0.717) is 17.9 Å². The Morgan fingerprint density at radius 3 is 2.71 bits per heavy atom. The second-order valence-electron chi connectivity index (χ2n) is 4.55. The van der Waals surface area contributed by atoms with Crippen LogP contribution in [0, 0.1) is 5.82 Å². The molecule has 4 heteroatoms. The lowest BCUT2D eigenvalue weighted by molar-refractivity contribution is 0.0819. The molecule has 0 saturated heterocycles. The van der Waals surface area contributed by atoms with Crippen LogP contribution in [0.3, 0.4) is 0 Å². The summed E-state index contributed by atoms with van der Waals surface area (Å²) in [6, 6.07) is 6.60. The molecule has 1 aromatic carbocycles. The molecule has 17 heavy (non-hydrogen) atoms. The van der Waals surface area contributed by atoms with E-state index < -0.39 is 5.60 Å². The molecule has 2 atom stereocenters. The predicted molar refractivity (Wildman–Crippen MR) is 71.8 cm³/mol. The molecule has 0 heterocycles. The number of thioether (sulfide) groups is 1. The van der Waals surface area contributed by atoms with Gasteiger partial charge in [-0.3, -0.25) is 0 Å². The lowest BCUT2D eigenvalue weighted by atomic mass is 10.1. The van der Waals surface area contributed by atoms with Gasteiger partial charge in [-0.1, -0.05) is 18.2 Å². The van der Waals surface area contributed by atoms with E-state index in [2.05, 4.69) is 5.32 Å². The highest BCUT2D eigenvalue weighted by Gasteiger charge is 2.21. The molecule has 0 saturated carbocycles. The predicted octanol–water partition coefficient (Wildman–Crippen LogP) is 2.59. The van der Waals surface area contributed by atoms with E-state index >= 15 is 0 Å². The van der Waals surface area contributed by atoms with Crippen molar-refractivity contribution in [2.45, 2.75) is 25.5 Å². The van der Waals surface area contributed by atoms with Gasteiger partial charge in [0.05, 0.1) is 5.60 Å². The molecule has 2 unspecified atom stereocenters. The third kappa shape index (κ3) is 4.66. The second kappa shape index (κ2) is 6.38. The number of benzene rings is 1. The fourth-order valence-electron chi connectivity index (χ4n) is 1.67. The van der Waals surface area contributed by atoms with Crippen LogP contribution in [0.15, 0.2) is 24.3 Å². The van der Waals surface area contributed by atoms with Gasteiger partial charge in [-0.2, -0.15) is 11.8 Å². The van der Waals surface area contributed by atoms with Crippen molar-refractivity contribution in [3.63, 3.8) is 0 Å². The summed E-state index contributed by atoms with van der Waals surface area (Å²) in [7, 11) is 0. The summed E-state index contributed by atoms with van der Waals surface area (Å²) in [5.41, 5.74) is -0.133. The number of aliphatic hydroxyl groups is 1. The van der Waals surface area contributed by atoms with Gasteiger partial charge >= 0.3 is 0 Å². The molecule has 0 aliphatic rings. The maximum absolute atomic E-state index is 13.5. The Hall–Kier alpha value is -0.580. The minimum Gasteiger partial charge on any atom is -0.388 e. The molecular formula is C13H20FNOS. The van der Waals surface area contributed by atoms with Gasteiger partial charge in [0.1, 0.15) is 5.82 Å². The van der Waals surface area contributed by atoms with E-state index in [9.17, 15) is 9.50 Å². The van der Waals surface area contributed by atoms with E-state index in [1.165, 1.54) is 6.07 Å². The first-order chi connectivity index (χ1) is 7.96. The average molecular weight is 257 g/mol. The number of hydrogen-bond donors (Lipinski definition) is 2. The lowest BCUT2D eigenvalue weighted by Gasteiger charge is -2.25. The highest BCUT2D eigenvalue weighted by Crippen LogP contribution is 2.17. The molecule has 1 aromatic rings. The normalized spacial score (nSPS) is 16.5. The molecule has 0 radical (unpaired) electrons. The summed E-state index contributed by atoms with van der Waals surface area (Å²) < 4.78 is 13.5. The standard InChI is InChI=1S/C13H20FNOS/c1-10(11-6-4-5-7-12(11)14)15-8-13(2,16)9-17-3/h4-7,10,15-16H,8-9H2,1-3H3. The van der Waals surface area contributed by atoms with Crippen LogP contribution in [-0.2, 0) is 0 Å². The molecule has 0 spiro atoms. The van der Waals surface area contributed by atoms with Crippen LogP contribution in [0.2, 0.25) is 0 Å². The first-order valence-corrected chi connectivity index (χ1v) is 7.05. The lowest BCUT2D eigenvalue weighted by Crippen LogP contribution is -2.41. The van der Waals surface area contributed by atoms with Gasteiger partial charge in [-0.05, 0) is 26.2 Å². The maximum atomic E-state index is 13.5. The molecule has 0 bridgehead atoms. The third-order valence-electron chi connectivity index (χ3n) is 2.62. The Balaban J connectivity index is 2.56. The summed E-state index contributed by atoms with van der Waals surface area (Å²) in [6.45, 7) is 4.13. The molecule has 0 aromatic heterocycles. The van der Waals surface area contributed by atoms with Crippen molar-refractivity contribution >= 4 is 11.8 Å². The number of nitrogens with one attached hydrogen (secondary N) is 1. The Morgan fingerprint density at radius 2 is 2.12 bits per heavy atom. The Labute approximate surface area is 107 Å². The van der Waals surface area contributed by atoms with Crippen molar-refractivity contribution in [1.29, 1.82) is 0 Å². The Kier molecular flexibility index (Phi) is 5.43. The van der Waals surface area contributed by atoms with Gasteiger partial charge in [0, 0.05) is 23.9 Å². The highest BCUT2D eigenvalue weighted by molar-refractivity contribution is 7.98. The summed E-state index contributed by atoms with van der Waals surface area (Å²) in [4.78, 5) is 0. The molecule has 96 valence electrons. The Morgan fingerprint density at radius 1 is 1.47 bits per heavy atom. The number of hydrogen-bond acceptors (Lipinski definition) is 3. The van der Waals surface area contributed by atoms with Crippen LogP contribution >= 0.6 is 11.8 Å². The zero-order valence-corrected chi connectivity index (χ0v) is 11.4. The summed E-state index contributed by atoms with van der Waals surface area (Å²) in [6.07, 6.45) is 1.95. The molecule has 0 aliphatic heterocycles. The average Bonchev–Trinajstić information content (AvgIpc) is 2.27. The van der Waals surface area contributed by atoms with Crippen LogP contribution in [0.5, 0.6) is 0 Å². The number of halogens is 1. The largest absolute Gasteiger partial charge is 0.388 e. The quantitative estimate of drug-likeness (QED) is 0.821. The van der Waals surface area contributed by atoms with Crippen LogP contribution in [0.1, 0.15) is 25.5 Å². The van der Waals surface area contributed by atoms with Crippen molar-refractivity contribution in [2.24, 2.45) is 0 Å². The van der Waals surface area contributed by atoms with Crippen molar-refractivity contribution in [3.8, 4) is 0 Å². The van der Waals surface area contributed by atoms with Gasteiger partial charge in [0.25, 0.3) is 0 Å². The van der Waals surface area contributed by atoms with Crippen LogP contribution in [0.4, 0.5) is 4.39 Å². The van der Waals surface area contributed by atoms with Crippen molar-refractivity contribution < 1.29 is 9.50 Å². The molecular weight excluding hydrogens is 237 g/mol. The van der Waals surface area contributed by atoms with Crippen LogP contribution in [-0.4, -0.2) is 29.3 Å². The molecule has 2 N–H and O–H groups in total. The van der Waals surface area contributed by atoms with Gasteiger partial charge < -0.3 is 10.4 Å². The van der Waals surface area contributed by atoms with E-state index in [4.69, 9.17) is 0 Å². The maximum Gasteiger partial charge on any atom is 0.127 e. The zero-order valence-electron chi connectivity index (χ0n) is 10.5. The zero-order chi connectivity index (χ0) is 12.9.